The number of hydrogen-bond acceptors (Lipinski definition) is 5. The second-order valence-corrected chi connectivity index (χ2v) is 6.19. The van der Waals surface area contributed by atoms with Gasteiger partial charge in [-0.1, -0.05) is 0 Å². The Morgan fingerprint density at radius 1 is 0.826 bits per heavy atom. The molecule has 2 heterocycles. The third kappa shape index (κ3) is 5.18. The van der Waals surface area contributed by atoms with Crippen LogP contribution in [-0.2, 0) is 14.4 Å². The van der Waals surface area contributed by atoms with Crippen LogP contribution in [0.4, 0.5) is 0 Å². The van der Waals surface area contributed by atoms with Crippen LogP contribution in [0, 0.1) is 0 Å². The third-order valence-electron chi connectivity index (χ3n) is 4.36. The first-order chi connectivity index (χ1) is 11.0. The van der Waals surface area contributed by atoms with Crippen LogP contribution < -0.4 is 5.32 Å². The number of amides is 3. The lowest BCUT2D eigenvalue weighted by atomic mass is 10.3. The first-order valence-electron chi connectivity index (χ1n) is 8.17. The van der Waals surface area contributed by atoms with E-state index in [1.807, 2.05) is 4.90 Å². The Kier molecular flexibility index (Phi) is 6.35. The lowest BCUT2D eigenvalue weighted by Gasteiger charge is -2.35. The van der Waals surface area contributed by atoms with Gasteiger partial charge in [0.15, 0.2) is 0 Å². The predicted molar refractivity (Wildman–Crippen MR) is 85.8 cm³/mol. The van der Waals surface area contributed by atoms with Gasteiger partial charge in [0.05, 0.1) is 13.1 Å². The average molecular weight is 325 g/mol. The Balaban J connectivity index is 1.72. The van der Waals surface area contributed by atoms with Gasteiger partial charge in [0.2, 0.25) is 17.7 Å². The van der Waals surface area contributed by atoms with E-state index in [0.29, 0.717) is 26.2 Å². The molecule has 0 unspecified atom stereocenters. The fourth-order valence-corrected chi connectivity index (χ4v) is 2.90. The second-order valence-electron chi connectivity index (χ2n) is 6.19. The SMILES string of the molecule is CC(=O)N1CCN(C(=O)CN(C)CC(=O)N2CCNCC2)CC1. The lowest BCUT2D eigenvalue weighted by molar-refractivity contribution is -0.140. The summed E-state index contributed by atoms with van der Waals surface area (Å²) in [7, 11) is 1.80. The van der Waals surface area contributed by atoms with Gasteiger partial charge >= 0.3 is 0 Å². The minimum absolute atomic E-state index is 0.0174. The summed E-state index contributed by atoms with van der Waals surface area (Å²) < 4.78 is 0. The van der Waals surface area contributed by atoms with E-state index in [0.717, 1.165) is 26.2 Å². The smallest absolute Gasteiger partial charge is 0.236 e. The summed E-state index contributed by atoms with van der Waals surface area (Å²) in [5, 5.41) is 3.21. The Hall–Kier alpha value is -1.67. The molecule has 2 aliphatic rings. The molecule has 8 heteroatoms. The lowest BCUT2D eigenvalue weighted by Crippen LogP contribution is -2.53. The van der Waals surface area contributed by atoms with Crippen LogP contribution >= 0.6 is 0 Å². The molecule has 1 N–H and O–H groups in total. The number of nitrogens with zero attached hydrogens (tertiary/aromatic N) is 4. The molecule has 0 aromatic rings. The molecule has 2 rings (SSSR count). The summed E-state index contributed by atoms with van der Waals surface area (Å²) in [4.78, 5) is 42.9. The fraction of sp³-hybridized carbons (Fsp3) is 0.800. The van der Waals surface area contributed by atoms with Gasteiger partial charge in [0, 0.05) is 59.3 Å². The number of likely N-dealkylation sites (N-methyl/N-ethyl adjacent to an activating group) is 1. The Morgan fingerprint density at radius 2 is 1.26 bits per heavy atom. The summed E-state index contributed by atoms with van der Waals surface area (Å²) in [6.45, 7) is 7.47. The Labute approximate surface area is 137 Å². The summed E-state index contributed by atoms with van der Waals surface area (Å²) >= 11 is 0. The summed E-state index contributed by atoms with van der Waals surface area (Å²) in [6, 6.07) is 0. The normalized spacial score (nSPS) is 19.2. The molecule has 0 aliphatic carbocycles. The molecular weight excluding hydrogens is 298 g/mol. The molecule has 23 heavy (non-hydrogen) atoms. The molecule has 0 bridgehead atoms. The average Bonchev–Trinajstić information content (AvgIpc) is 2.55. The number of carbonyl (C=O) groups is 3. The summed E-state index contributed by atoms with van der Waals surface area (Å²) in [5.41, 5.74) is 0. The number of nitrogens with one attached hydrogen (secondary N) is 1. The quantitative estimate of drug-likeness (QED) is 0.650. The largest absolute Gasteiger partial charge is 0.339 e. The highest BCUT2D eigenvalue weighted by Crippen LogP contribution is 2.03. The van der Waals surface area contributed by atoms with Crippen LogP contribution in [0.25, 0.3) is 0 Å². The van der Waals surface area contributed by atoms with Crippen LogP contribution in [0.5, 0.6) is 0 Å². The summed E-state index contributed by atoms with van der Waals surface area (Å²) in [5.74, 6) is 0.142. The molecule has 2 fully saturated rings. The van der Waals surface area contributed by atoms with E-state index in [1.165, 1.54) is 0 Å². The number of piperazine rings is 2. The predicted octanol–water partition coefficient (Wildman–Crippen LogP) is -1.96. The van der Waals surface area contributed by atoms with Crippen molar-refractivity contribution in [1.29, 1.82) is 0 Å². The molecule has 0 atom stereocenters. The van der Waals surface area contributed by atoms with Crippen molar-refractivity contribution in [2.75, 3.05) is 72.5 Å². The van der Waals surface area contributed by atoms with Crippen molar-refractivity contribution in [3.8, 4) is 0 Å². The maximum atomic E-state index is 12.3. The van der Waals surface area contributed by atoms with Crippen molar-refractivity contribution in [3.05, 3.63) is 0 Å². The van der Waals surface area contributed by atoms with Gasteiger partial charge < -0.3 is 20.0 Å². The van der Waals surface area contributed by atoms with Gasteiger partial charge in [-0.3, -0.25) is 19.3 Å². The molecule has 0 radical (unpaired) electrons. The first-order valence-corrected chi connectivity index (χ1v) is 8.17. The van der Waals surface area contributed by atoms with E-state index in [4.69, 9.17) is 0 Å². The van der Waals surface area contributed by atoms with Crippen LogP contribution in [0.3, 0.4) is 0 Å². The van der Waals surface area contributed by atoms with Crippen molar-refractivity contribution in [3.63, 3.8) is 0 Å². The van der Waals surface area contributed by atoms with Gasteiger partial charge in [-0.05, 0) is 7.05 Å². The zero-order valence-corrected chi connectivity index (χ0v) is 14.1. The highest BCUT2D eigenvalue weighted by molar-refractivity contribution is 5.81. The molecule has 2 saturated heterocycles. The Morgan fingerprint density at radius 3 is 1.74 bits per heavy atom. The molecule has 2 aliphatic heterocycles. The van der Waals surface area contributed by atoms with E-state index in [9.17, 15) is 14.4 Å². The summed E-state index contributed by atoms with van der Waals surface area (Å²) in [6.07, 6.45) is 0. The van der Waals surface area contributed by atoms with E-state index < -0.39 is 0 Å². The number of rotatable bonds is 4. The van der Waals surface area contributed by atoms with Gasteiger partial charge in [-0.25, -0.2) is 0 Å². The fourth-order valence-electron chi connectivity index (χ4n) is 2.90. The highest BCUT2D eigenvalue weighted by Gasteiger charge is 2.24. The molecule has 8 nitrogen and oxygen atoms in total. The number of carbonyl (C=O) groups excluding carboxylic acids is 3. The standard InChI is InChI=1S/C15H27N5O3/c1-13(21)18-7-9-20(10-8-18)15(23)12-17(2)11-14(22)19-5-3-16-4-6-19/h16H,3-12H2,1-2H3. The molecule has 3 amide bonds. The third-order valence-corrected chi connectivity index (χ3v) is 4.36. The van der Waals surface area contributed by atoms with E-state index >= 15 is 0 Å². The van der Waals surface area contributed by atoms with Crippen molar-refractivity contribution in [2.24, 2.45) is 0 Å². The van der Waals surface area contributed by atoms with Gasteiger partial charge in [-0.15, -0.1) is 0 Å². The molecule has 130 valence electrons. The highest BCUT2D eigenvalue weighted by atomic mass is 16.2. The van der Waals surface area contributed by atoms with Crippen molar-refractivity contribution >= 4 is 17.7 Å². The zero-order chi connectivity index (χ0) is 16.8. The second kappa shape index (κ2) is 8.26. The van der Waals surface area contributed by atoms with Crippen LogP contribution in [0.1, 0.15) is 6.92 Å². The van der Waals surface area contributed by atoms with E-state index in [-0.39, 0.29) is 30.8 Å². The topological polar surface area (TPSA) is 76.2 Å². The van der Waals surface area contributed by atoms with Gasteiger partial charge in [-0.2, -0.15) is 0 Å². The van der Waals surface area contributed by atoms with Crippen LogP contribution in [0.15, 0.2) is 0 Å². The molecule has 0 spiro atoms. The molecule has 0 aromatic carbocycles. The monoisotopic (exact) mass is 325 g/mol. The van der Waals surface area contributed by atoms with Crippen molar-refractivity contribution in [1.82, 2.24) is 24.9 Å². The zero-order valence-electron chi connectivity index (χ0n) is 14.1. The number of hydrogen-bond donors (Lipinski definition) is 1. The minimum Gasteiger partial charge on any atom is -0.339 e. The van der Waals surface area contributed by atoms with Gasteiger partial charge in [0.1, 0.15) is 0 Å². The molecule has 0 saturated carbocycles. The van der Waals surface area contributed by atoms with Crippen molar-refractivity contribution in [2.45, 2.75) is 6.92 Å². The van der Waals surface area contributed by atoms with E-state index in [1.54, 1.807) is 28.7 Å². The van der Waals surface area contributed by atoms with Crippen LogP contribution in [0.2, 0.25) is 0 Å². The molecule has 0 aromatic heterocycles. The van der Waals surface area contributed by atoms with E-state index in [2.05, 4.69) is 5.32 Å². The van der Waals surface area contributed by atoms with Crippen LogP contribution in [-0.4, -0.2) is 110 Å². The van der Waals surface area contributed by atoms with Gasteiger partial charge in [0.25, 0.3) is 0 Å². The first kappa shape index (κ1) is 17.7. The maximum Gasteiger partial charge on any atom is 0.236 e. The Bertz CT molecular complexity index is 442. The maximum absolute atomic E-state index is 12.3. The molecular formula is C15H27N5O3. The minimum atomic E-state index is 0.0174. The van der Waals surface area contributed by atoms with Crippen molar-refractivity contribution < 1.29 is 14.4 Å².